The smallest absolute Gasteiger partial charge is 0.144 e. The number of hydrogen-bond acceptors (Lipinski definition) is 3. The van der Waals surface area contributed by atoms with Gasteiger partial charge in [-0.1, -0.05) is 204 Å². The average molecular weight is 1020 g/mol. The Labute approximate surface area is 463 Å². The van der Waals surface area contributed by atoms with E-state index in [4.69, 9.17) is 8.83 Å². The Bertz CT molecular complexity index is 4710. The summed E-state index contributed by atoms with van der Waals surface area (Å²) in [5.41, 5.74) is 30.8. The SMILES string of the molecule is CC(C)(C)c1ccccc1-c1cc2c(c3c1oc1ccccc13)-c1ccc(N(c3ccc4c(c3)C(C)(C)c3ccccc3-4)c3ccc4c(c3)C(C)(C)c3c5c(c6c(oc7ccccc76)c3-4)-c3ccccc3C5(C)C)cc1C2(C)C. The maximum Gasteiger partial charge on any atom is 0.144 e. The molecule has 3 heteroatoms. The van der Waals surface area contributed by atoms with Crippen molar-refractivity contribution >= 4 is 60.9 Å². The molecule has 12 aromatic rings. The van der Waals surface area contributed by atoms with E-state index in [0.29, 0.717) is 0 Å². The summed E-state index contributed by atoms with van der Waals surface area (Å²) in [5, 5.41) is 4.75. The van der Waals surface area contributed by atoms with E-state index in [-0.39, 0.29) is 27.1 Å². The normalized spacial score (nSPS) is 16.2. The molecule has 2 aromatic heterocycles. The molecule has 0 fully saturated rings. The standard InChI is InChI=1S/C76H63NO2/c1-72(2,3)54-27-17-12-23-46(54)53-41-60-63(65-51-25-15-20-30-61(51)78-70(53)65)49-36-33-43(39-58(49)74(60,6)7)77(42-32-35-47-45-22-13-18-28-55(45)73(4,5)57(47)38-42)44-34-37-50-59(40-44)76(10,11)69-67(50)71-66(52-26-16-21-31-62(52)79-71)64-48-24-14-19-29-56(48)75(8,9)68(64)69/h12-41H,1-11H3. The number of nitrogens with zero attached hydrogens (tertiary/aromatic N) is 1. The topological polar surface area (TPSA) is 29.5 Å². The zero-order valence-corrected chi connectivity index (χ0v) is 47.1. The molecule has 0 N–H and O–H groups in total. The quantitative estimate of drug-likeness (QED) is 0.176. The molecule has 2 heterocycles. The van der Waals surface area contributed by atoms with Crippen LogP contribution in [0.25, 0.3) is 99.5 Å². The summed E-state index contributed by atoms with van der Waals surface area (Å²) in [6.07, 6.45) is 0. The van der Waals surface area contributed by atoms with Crippen molar-refractivity contribution in [2.24, 2.45) is 0 Å². The van der Waals surface area contributed by atoms with Gasteiger partial charge in [0.1, 0.15) is 22.3 Å². The van der Waals surface area contributed by atoms with Crippen molar-refractivity contribution in [3.05, 3.63) is 232 Å². The van der Waals surface area contributed by atoms with Crippen LogP contribution >= 0.6 is 0 Å². The Kier molecular flexibility index (Phi) is 9.00. The van der Waals surface area contributed by atoms with Crippen LogP contribution in [0.5, 0.6) is 0 Å². The van der Waals surface area contributed by atoms with Crippen molar-refractivity contribution in [1.82, 2.24) is 0 Å². The lowest BCUT2D eigenvalue weighted by atomic mass is 9.72. The first-order valence-electron chi connectivity index (χ1n) is 28.4. The van der Waals surface area contributed by atoms with E-state index >= 15 is 0 Å². The molecule has 0 radical (unpaired) electrons. The Morgan fingerprint density at radius 1 is 0.329 bits per heavy atom. The van der Waals surface area contributed by atoms with E-state index in [9.17, 15) is 0 Å². The summed E-state index contributed by atoms with van der Waals surface area (Å²) < 4.78 is 14.2. The fraction of sp³-hybridized carbons (Fsp3) is 0.211. The summed E-state index contributed by atoms with van der Waals surface area (Å²) in [5.74, 6) is 0. The number of benzene rings is 10. The Hall–Kier alpha value is -8.40. The maximum absolute atomic E-state index is 7.13. The van der Waals surface area contributed by atoms with Gasteiger partial charge >= 0.3 is 0 Å². The molecule has 4 aliphatic carbocycles. The van der Waals surface area contributed by atoms with Crippen LogP contribution in [0, 0.1) is 0 Å². The predicted octanol–water partition coefficient (Wildman–Crippen LogP) is 21.1. The molecule has 0 aliphatic heterocycles. The minimum atomic E-state index is -0.367. The van der Waals surface area contributed by atoms with Gasteiger partial charge in [0.2, 0.25) is 0 Å². The van der Waals surface area contributed by atoms with Crippen LogP contribution in [0.1, 0.15) is 126 Å². The summed E-state index contributed by atoms with van der Waals surface area (Å²) in [6.45, 7) is 26.4. The van der Waals surface area contributed by atoms with Gasteiger partial charge in [-0.25, -0.2) is 0 Å². The molecule has 16 rings (SSSR count). The van der Waals surface area contributed by atoms with Gasteiger partial charge in [-0.15, -0.1) is 0 Å². The second-order valence-electron chi connectivity index (χ2n) is 26.4. The highest BCUT2D eigenvalue weighted by Crippen LogP contribution is 2.64. The van der Waals surface area contributed by atoms with Crippen molar-refractivity contribution in [3.63, 3.8) is 0 Å². The molecular formula is C76H63NO2. The third-order valence-electron chi connectivity index (χ3n) is 19.5. The lowest BCUT2D eigenvalue weighted by Crippen LogP contribution is -2.24. The predicted molar refractivity (Wildman–Crippen MR) is 330 cm³/mol. The highest BCUT2D eigenvalue weighted by molar-refractivity contribution is 6.21. The molecule has 0 atom stereocenters. The van der Waals surface area contributed by atoms with Crippen LogP contribution in [0.2, 0.25) is 0 Å². The van der Waals surface area contributed by atoms with Crippen molar-refractivity contribution in [2.75, 3.05) is 4.90 Å². The third kappa shape index (κ3) is 5.93. The van der Waals surface area contributed by atoms with Crippen LogP contribution in [0.3, 0.4) is 0 Å². The number of anilines is 3. The lowest BCUT2D eigenvalue weighted by Gasteiger charge is -2.32. The minimum Gasteiger partial charge on any atom is -0.455 e. The molecule has 0 spiro atoms. The molecule has 0 amide bonds. The highest BCUT2D eigenvalue weighted by Gasteiger charge is 2.49. The van der Waals surface area contributed by atoms with Crippen molar-refractivity contribution in [1.29, 1.82) is 0 Å². The first-order chi connectivity index (χ1) is 37.9. The van der Waals surface area contributed by atoms with Gasteiger partial charge in [0, 0.05) is 71.4 Å². The molecule has 0 saturated carbocycles. The summed E-state index contributed by atoms with van der Waals surface area (Å²) in [4.78, 5) is 2.55. The lowest BCUT2D eigenvalue weighted by molar-refractivity contribution is 0.591. The van der Waals surface area contributed by atoms with E-state index in [1.54, 1.807) is 0 Å². The van der Waals surface area contributed by atoms with Crippen LogP contribution in [-0.2, 0) is 27.1 Å². The van der Waals surface area contributed by atoms with Crippen molar-refractivity contribution in [3.8, 4) is 55.6 Å². The minimum absolute atomic E-state index is 0.0714. The van der Waals surface area contributed by atoms with Crippen molar-refractivity contribution in [2.45, 2.75) is 103 Å². The first kappa shape index (κ1) is 46.7. The largest absolute Gasteiger partial charge is 0.455 e. The first-order valence-corrected chi connectivity index (χ1v) is 28.4. The van der Waals surface area contributed by atoms with Crippen molar-refractivity contribution < 1.29 is 8.83 Å². The number of rotatable bonds is 4. The molecule has 384 valence electrons. The summed E-state index contributed by atoms with van der Waals surface area (Å²) in [6, 6.07) is 68.6. The molecule has 0 bridgehead atoms. The van der Waals surface area contributed by atoms with E-state index in [0.717, 1.165) is 50.3 Å². The number of fused-ring (bicyclic) bond motifs is 22. The molecule has 10 aromatic carbocycles. The highest BCUT2D eigenvalue weighted by atomic mass is 16.3. The van der Waals surface area contributed by atoms with Crippen LogP contribution < -0.4 is 4.90 Å². The number of hydrogen-bond donors (Lipinski definition) is 0. The fourth-order valence-electron chi connectivity index (χ4n) is 15.7. The molecular weight excluding hydrogens is 959 g/mol. The second kappa shape index (κ2) is 15.2. The Morgan fingerprint density at radius 3 is 1.38 bits per heavy atom. The van der Waals surface area contributed by atoms with Gasteiger partial charge in [0.05, 0.1) is 0 Å². The van der Waals surface area contributed by atoms with E-state index < -0.39 is 0 Å². The van der Waals surface area contributed by atoms with E-state index in [1.165, 1.54) is 116 Å². The number of para-hydroxylation sites is 2. The summed E-state index contributed by atoms with van der Waals surface area (Å²) in [7, 11) is 0. The van der Waals surface area contributed by atoms with Gasteiger partial charge in [-0.05, 0) is 155 Å². The molecule has 0 saturated heterocycles. The zero-order valence-electron chi connectivity index (χ0n) is 47.1. The maximum atomic E-state index is 7.13. The van der Waals surface area contributed by atoms with Gasteiger partial charge in [-0.2, -0.15) is 0 Å². The second-order valence-corrected chi connectivity index (χ2v) is 26.4. The van der Waals surface area contributed by atoms with Crippen LogP contribution in [-0.4, -0.2) is 0 Å². The molecule has 79 heavy (non-hydrogen) atoms. The molecule has 0 unspecified atom stereocenters. The Morgan fingerprint density at radius 2 is 0.747 bits per heavy atom. The van der Waals surface area contributed by atoms with Gasteiger partial charge in [0.25, 0.3) is 0 Å². The van der Waals surface area contributed by atoms with Gasteiger partial charge in [-0.3, -0.25) is 0 Å². The van der Waals surface area contributed by atoms with Crippen LogP contribution in [0.15, 0.2) is 191 Å². The van der Waals surface area contributed by atoms with E-state index in [2.05, 4.69) is 263 Å². The van der Waals surface area contributed by atoms with Crippen LogP contribution in [0.4, 0.5) is 17.1 Å². The van der Waals surface area contributed by atoms with Gasteiger partial charge < -0.3 is 13.7 Å². The number of furan rings is 2. The van der Waals surface area contributed by atoms with E-state index in [1.807, 2.05) is 0 Å². The molecule has 4 aliphatic rings. The van der Waals surface area contributed by atoms with Gasteiger partial charge in [0.15, 0.2) is 0 Å². The summed E-state index contributed by atoms with van der Waals surface area (Å²) >= 11 is 0. The third-order valence-corrected chi connectivity index (χ3v) is 19.5. The zero-order chi connectivity index (χ0) is 54.0. The molecule has 3 nitrogen and oxygen atoms in total. The Balaban J connectivity index is 0.931. The average Bonchev–Trinajstić information content (AvgIpc) is 1.87. The monoisotopic (exact) mass is 1020 g/mol. The fourth-order valence-corrected chi connectivity index (χ4v) is 15.7.